The number of primary sulfonamides is 1. The number of aromatic nitrogens is 3. The molecule has 2 heterocycles. The molecule has 1 aliphatic carbocycles. The van der Waals surface area contributed by atoms with Crippen molar-refractivity contribution in [2.45, 2.75) is 48.2 Å². The van der Waals surface area contributed by atoms with Gasteiger partial charge in [-0.05, 0) is 50.3 Å². The van der Waals surface area contributed by atoms with Crippen LogP contribution >= 0.6 is 11.8 Å². The molecule has 29 heavy (non-hydrogen) atoms. The number of amides is 1. The molecule has 2 aliphatic rings. The van der Waals surface area contributed by atoms with Crippen LogP contribution in [-0.4, -0.2) is 47.9 Å². The summed E-state index contributed by atoms with van der Waals surface area (Å²) in [6.07, 6.45) is 5.81. The molecular formula is C18H24N6O3S2. The van der Waals surface area contributed by atoms with Crippen molar-refractivity contribution < 1.29 is 13.2 Å². The Labute approximate surface area is 174 Å². The summed E-state index contributed by atoms with van der Waals surface area (Å²) in [5, 5.41) is 17.3. The van der Waals surface area contributed by atoms with Gasteiger partial charge in [0.2, 0.25) is 21.9 Å². The number of benzene rings is 1. The van der Waals surface area contributed by atoms with E-state index in [9.17, 15) is 13.2 Å². The molecule has 3 N–H and O–H groups in total. The van der Waals surface area contributed by atoms with Crippen molar-refractivity contribution in [1.82, 2.24) is 14.8 Å². The first-order chi connectivity index (χ1) is 13.9. The lowest BCUT2D eigenvalue weighted by atomic mass is 10.1. The molecule has 0 atom stereocenters. The number of hydrogen-bond donors (Lipinski definition) is 2. The highest BCUT2D eigenvalue weighted by Crippen LogP contribution is 2.41. The standard InChI is InChI=1S/C18H24N6O3S2/c19-29(26,27)15-6-4-5-13(11-15)20-16(25)12-28-18-22-21-17(24(18)14-7-8-14)23-9-2-1-3-10-23/h4-6,11,14H,1-3,7-10,12H2,(H,20,25)(H2,19,26,27). The van der Waals surface area contributed by atoms with Crippen LogP contribution in [0.2, 0.25) is 0 Å². The second-order valence-corrected chi connectivity index (χ2v) is 9.85. The van der Waals surface area contributed by atoms with Gasteiger partial charge in [0.15, 0.2) is 5.16 Å². The number of hydrogen-bond acceptors (Lipinski definition) is 7. The molecule has 2 fully saturated rings. The lowest BCUT2D eigenvalue weighted by molar-refractivity contribution is -0.113. The van der Waals surface area contributed by atoms with Gasteiger partial charge in [-0.2, -0.15) is 0 Å². The van der Waals surface area contributed by atoms with Gasteiger partial charge >= 0.3 is 0 Å². The Hall–Kier alpha value is -2.11. The smallest absolute Gasteiger partial charge is 0.238 e. The molecular weight excluding hydrogens is 412 g/mol. The molecule has 1 aromatic carbocycles. The number of sulfonamides is 1. The third-order valence-electron chi connectivity index (χ3n) is 4.98. The van der Waals surface area contributed by atoms with Gasteiger partial charge in [0.05, 0.1) is 10.6 Å². The third-order valence-corrected chi connectivity index (χ3v) is 6.83. The summed E-state index contributed by atoms with van der Waals surface area (Å²) in [5.41, 5.74) is 0.389. The van der Waals surface area contributed by atoms with Crippen molar-refractivity contribution in [1.29, 1.82) is 0 Å². The van der Waals surface area contributed by atoms with Crippen LogP contribution in [0.3, 0.4) is 0 Å². The van der Waals surface area contributed by atoms with Crippen molar-refractivity contribution in [2.75, 3.05) is 29.1 Å². The van der Waals surface area contributed by atoms with Gasteiger partial charge in [0.1, 0.15) is 0 Å². The second kappa shape index (κ2) is 8.33. The Morgan fingerprint density at radius 3 is 2.66 bits per heavy atom. The zero-order chi connectivity index (χ0) is 20.4. The van der Waals surface area contributed by atoms with E-state index in [0.717, 1.165) is 37.0 Å². The number of nitrogens with zero attached hydrogens (tertiary/aromatic N) is 4. The Morgan fingerprint density at radius 2 is 1.97 bits per heavy atom. The number of carbonyl (C=O) groups excluding carboxylic acids is 1. The summed E-state index contributed by atoms with van der Waals surface area (Å²) in [6, 6.07) is 6.31. The van der Waals surface area contributed by atoms with Crippen LogP contribution in [0.25, 0.3) is 0 Å². The fourth-order valence-electron chi connectivity index (χ4n) is 3.41. The molecule has 2 aromatic rings. The van der Waals surface area contributed by atoms with Crippen molar-refractivity contribution in [3.63, 3.8) is 0 Å². The summed E-state index contributed by atoms with van der Waals surface area (Å²) in [4.78, 5) is 14.6. The lowest BCUT2D eigenvalue weighted by Gasteiger charge is -2.27. The molecule has 1 aromatic heterocycles. The van der Waals surface area contributed by atoms with Gasteiger partial charge < -0.3 is 10.2 Å². The fourth-order valence-corrected chi connectivity index (χ4v) is 4.77. The van der Waals surface area contributed by atoms with E-state index in [1.165, 1.54) is 49.2 Å². The number of rotatable bonds is 7. The quantitative estimate of drug-likeness (QED) is 0.636. The van der Waals surface area contributed by atoms with E-state index < -0.39 is 10.0 Å². The van der Waals surface area contributed by atoms with Gasteiger partial charge in [0, 0.05) is 24.8 Å². The average Bonchev–Trinajstić information content (AvgIpc) is 3.45. The van der Waals surface area contributed by atoms with Crippen LogP contribution in [0.15, 0.2) is 34.3 Å². The maximum atomic E-state index is 12.4. The van der Waals surface area contributed by atoms with Gasteiger partial charge in [-0.3, -0.25) is 9.36 Å². The predicted octanol–water partition coefficient (Wildman–Crippen LogP) is 1.98. The third kappa shape index (κ3) is 4.90. The predicted molar refractivity (Wildman–Crippen MR) is 112 cm³/mol. The number of thioether (sulfide) groups is 1. The molecule has 0 unspecified atom stereocenters. The summed E-state index contributed by atoms with van der Waals surface area (Å²) < 4.78 is 25.1. The van der Waals surface area contributed by atoms with Crippen molar-refractivity contribution in [3.8, 4) is 0 Å². The Balaban J connectivity index is 1.41. The Kier molecular flexibility index (Phi) is 5.79. The molecule has 0 radical (unpaired) electrons. The van der Waals surface area contributed by atoms with Gasteiger partial charge in [-0.25, -0.2) is 13.6 Å². The maximum absolute atomic E-state index is 12.4. The molecule has 0 bridgehead atoms. The van der Waals surface area contributed by atoms with E-state index in [1.54, 1.807) is 6.07 Å². The van der Waals surface area contributed by atoms with Crippen molar-refractivity contribution in [2.24, 2.45) is 5.14 Å². The molecule has 156 valence electrons. The molecule has 1 amide bonds. The zero-order valence-electron chi connectivity index (χ0n) is 16.0. The normalized spacial score (nSPS) is 17.3. The molecule has 11 heteroatoms. The zero-order valence-corrected chi connectivity index (χ0v) is 17.6. The van der Waals surface area contributed by atoms with Crippen LogP contribution in [0.4, 0.5) is 11.6 Å². The van der Waals surface area contributed by atoms with Gasteiger partial charge in [0.25, 0.3) is 0 Å². The number of piperidine rings is 1. The van der Waals surface area contributed by atoms with Crippen molar-refractivity contribution >= 4 is 39.3 Å². The molecule has 9 nitrogen and oxygen atoms in total. The first kappa shape index (κ1) is 20.2. The van der Waals surface area contributed by atoms with E-state index in [0.29, 0.717) is 11.7 Å². The van der Waals surface area contributed by atoms with E-state index >= 15 is 0 Å². The molecule has 1 saturated carbocycles. The van der Waals surface area contributed by atoms with E-state index in [2.05, 4.69) is 25.0 Å². The largest absolute Gasteiger partial charge is 0.341 e. The lowest BCUT2D eigenvalue weighted by Crippen LogP contribution is -2.32. The highest BCUT2D eigenvalue weighted by molar-refractivity contribution is 7.99. The first-order valence-electron chi connectivity index (χ1n) is 9.67. The molecule has 1 saturated heterocycles. The minimum Gasteiger partial charge on any atom is -0.341 e. The van der Waals surface area contributed by atoms with Crippen LogP contribution in [0, 0.1) is 0 Å². The van der Waals surface area contributed by atoms with Gasteiger partial charge in [-0.1, -0.05) is 17.8 Å². The number of nitrogens with two attached hydrogens (primary N) is 1. The highest BCUT2D eigenvalue weighted by Gasteiger charge is 2.32. The Morgan fingerprint density at radius 1 is 1.21 bits per heavy atom. The topological polar surface area (TPSA) is 123 Å². The monoisotopic (exact) mass is 436 g/mol. The average molecular weight is 437 g/mol. The van der Waals surface area contributed by atoms with Crippen molar-refractivity contribution in [3.05, 3.63) is 24.3 Å². The first-order valence-corrected chi connectivity index (χ1v) is 12.2. The second-order valence-electron chi connectivity index (χ2n) is 7.34. The minimum absolute atomic E-state index is 0.0393. The molecule has 0 spiro atoms. The summed E-state index contributed by atoms with van der Waals surface area (Å²) in [7, 11) is -3.82. The SMILES string of the molecule is NS(=O)(=O)c1cccc(NC(=O)CSc2nnc(N3CCCCC3)n2C2CC2)c1. The maximum Gasteiger partial charge on any atom is 0.238 e. The highest BCUT2D eigenvalue weighted by atomic mass is 32.2. The molecule has 1 aliphatic heterocycles. The Bertz CT molecular complexity index is 997. The summed E-state index contributed by atoms with van der Waals surface area (Å²) >= 11 is 1.35. The van der Waals surface area contributed by atoms with E-state index in [4.69, 9.17) is 5.14 Å². The van der Waals surface area contributed by atoms with Crippen LogP contribution in [0.5, 0.6) is 0 Å². The van der Waals surface area contributed by atoms with Gasteiger partial charge in [-0.15, -0.1) is 10.2 Å². The van der Waals surface area contributed by atoms with Crippen LogP contribution in [-0.2, 0) is 14.8 Å². The summed E-state index contributed by atoms with van der Waals surface area (Å²) in [5.74, 6) is 0.826. The molecule has 4 rings (SSSR count). The fraction of sp³-hybridized carbons (Fsp3) is 0.500. The number of carbonyl (C=O) groups is 1. The van der Waals surface area contributed by atoms with E-state index in [-0.39, 0.29) is 16.6 Å². The summed E-state index contributed by atoms with van der Waals surface area (Å²) in [6.45, 7) is 1.99. The van der Waals surface area contributed by atoms with Crippen LogP contribution < -0.4 is 15.4 Å². The number of nitrogens with one attached hydrogen (secondary N) is 1. The number of anilines is 2. The van der Waals surface area contributed by atoms with Crippen LogP contribution in [0.1, 0.15) is 38.1 Å². The minimum atomic E-state index is -3.82. The van der Waals surface area contributed by atoms with E-state index in [1.807, 2.05) is 0 Å².